The van der Waals surface area contributed by atoms with Gasteiger partial charge < -0.3 is 9.80 Å². The van der Waals surface area contributed by atoms with Crippen LogP contribution in [-0.4, -0.2) is 89.9 Å². The molecule has 0 radical (unpaired) electrons. The number of carbonyl (C=O) groups is 2. The molecule has 2 heterocycles. The molecule has 1 aromatic carbocycles. The SMILES string of the molecule is CN(C)C(=O)N1CCN(ON2CC=C(c3ccc(F)cc3)CC2)[C@@H](C(=O)NO)C1. The molecular weight excluding hydrogens is 381 g/mol. The lowest BCUT2D eigenvalue weighted by atomic mass is 10.0. The lowest BCUT2D eigenvalue weighted by Crippen LogP contribution is -2.62. The minimum absolute atomic E-state index is 0.105. The predicted octanol–water partition coefficient (Wildman–Crippen LogP) is 0.935. The van der Waals surface area contributed by atoms with Crippen LogP contribution in [0.15, 0.2) is 30.3 Å². The summed E-state index contributed by atoms with van der Waals surface area (Å²) >= 11 is 0. The first-order chi connectivity index (χ1) is 13.9. The van der Waals surface area contributed by atoms with Crippen LogP contribution in [0, 0.1) is 5.82 Å². The van der Waals surface area contributed by atoms with Gasteiger partial charge in [0.2, 0.25) is 0 Å². The van der Waals surface area contributed by atoms with E-state index in [4.69, 9.17) is 10.1 Å². The molecule has 1 atom stereocenters. The Kier molecular flexibility index (Phi) is 6.80. The Bertz CT molecular complexity index is 770. The highest BCUT2D eigenvalue weighted by molar-refractivity contribution is 5.82. The van der Waals surface area contributed by atoms with Gasteiger partial charge in [-0.15, -0.1) is 0 Å². The summed E-state index contributed by atoms with van der Waals surface area (Å²) in [4.78, 5) is 33.2. The number of hydrogen-bond acceptors (Lipinski definition) is 6. The molecule has 158 valence electrons. The maximum atomic E-state index is 13.1. The fourth-order valence-electron chi connectivity index (χ4n) is 3.41. The first-order valence-electron chi connectivity index (χ1n) is 9.44. The van der Waals surface area contributed by atoms with Crippen molar-refractivity contribution >= 4 is 17.5 Å². The van der Waals surface area contributed by atoms with Crippen molar-refractivity contribution in [2.75, 3.05) is 46.8 Å². The number of urea groups is 1. The van der Waals surface area contributed by atoms with Gasteiger partial charge in [-0.05, 0) is 29.7 Å². The molecule has 1 fully saturated rings. The van der Waals surface area contributed by atoms with Gasteiger partial charge in [-0.1, -0.05) is 18.2 Å². The van der Waals surface area contributed by atoms with Gasteiger partial charge in [0.05, 0.1) is 0 Å². The van der Waals surface area contributed by atoms with E-state index in [0.717, 1.165) is 11.1 Å². The van der Waals surface area contributed by atoms with Crippen molar-refractivity contribution < 1.29 is 24.1 Å². The molecule has 3 rings (SSSR count). The van der Waals surface area contributed by atoms with Crippen LogP contribution in [0.3, 0.4) is 0 Å². The van der Waals surface area contributed by atoms with Crippen LogP contribution >= 0.6 is 0 Å². The number of piperazine rings is 1. The third-order valence-corrected chi connectivity index (χ3v) is 5.00. The number of amides is 3. The quantitative estimate of drug-likeness (QED) is 0.570. The first kappa shape index (κ1) is 21.2. The standard InChI is InChI=1S/C19H26FN5O4/c1-22(2)19(27)23-11-12-25(17(13-23)18(26)21-28)29-24-9-7-15(8-10-24)14-3-5-16(20)6-4-14/h3-7,17,28H,8-13H2,1-2H3,(H,21,26)/t17-/m1/s1. The van der Waals surface area contributed by atoms with Gasteiger partial charge in [0.1, 0.15) is 11.9 Å². The van der Waals surface area contributed by atoms with Gasteiger partial charge in [-0.25, -0.2) is 19.6 Å². The molecule has 1 saturated heterocycles. The molecule has 9 nitrogen and oxygen atoms in total. The predicted molar refractivity (Wildman–Crippen MR) is 103 cm³/mol. The molecule has 0 unspecified atom stereocenters. The topological polar surface area (TPSA) is 88.6 Å². The Labute approximate surface area is 168 Å². The molecule has 2 aliphatic rings. The molecule has 3 amide bonds. The van der Waals surface area contributed by atoms with Crippen LogP contribution in [0.5, 0.6) is 0 Å². The van der Waals surface area contributed by atoms with E-state index in [0.29, 0.717) is 32.6 Å². The molecule has 2 aliphatic heterocycles. The zero-order valence-corrected chi connectivity index (χ0v) is 16.5. The van der Waals surface area contributed by atoms with E-state index >= 15 is 0 Å². The average Bonchev–Trinajstić information content (AvgIpc) is 2.74. The molecule has 0 aromatic heterocycles. The number of halogens is 1. The summed E-state index contributed by atoms with van der Waals surface area (Å²) in [5, 5.41) is 12.3. The zero-order chi connectivity index (χ0) is 21.0. The number of hydroxylamine groups is 5. The second kappa shape index (κ2) is 9.31. The third kappa shape index (κ3) is 5.10. The number of carbonyl (C=O) groups excluding carboxylic acids is 2. The molecular formula is C19H26FN5O4. The summed E-state index contributed by atoms with van der Waals surface area (Å²) in [7, 11) is 3.29. The molecule has 29 heavy (non-hydrogen) atoms. The summed E-state index contributed by atoms with van der Waals surface area (Å²) in [6.45, 7) is 1.91. The summed E-state index contributed by atoms with van der Waals surface area (Å²) in [6, 6.07) is 5.34. The van der Waals surface area contributed by atoms with E-state index in [1.54, 1.807) is 41.7 Å². The van der Waals surface area contributed by atoms with Crippen molar-refractivity contribution in [3.63, 3.8) is 0 Å². The number of benzene rings is 1. The molecule has 0 saturated carbocycles. The zero-order valence-electron chi connectivity index (χ0n) is 16.5. The van der Waals surface area contributed by atoms with Crippen LogP contribution in [0.4, 0.5) is 9.18 Å². The van der Waals surface area contributed by atoms with Gasteiger partial charge in [-0.2, -0.15) is 10.1 Å². The summed E-state index contributed by atoms with van der Waals surface area (Å²) < 4.78 is 13.1. The third-order valence-electron chi connectivity index (χ3n) is 5.00. The number of rotatable bonds is 4. The maximum absolute atomic E-state index is 13.1. The smallest absolute Gasteiger partial charge is 0.319 e. The van der Waals surface area contributed by atoms with Gasteiger partial charge in [0.15, 0.2) is 0 Å². The average molecular weight is 407 g/mol. The number of nitrogens with zero attached hydrogens (tertiary/aromatic N) is 4. The largest absolute Gasteiger partial charge is 0.331 e. The van der Waals surface area contributed by atoms with E-state index < -0.39 is 11.9 Å². The van der Waals surface area contributed by atoms with Crippen LogP contribution < -0.4 is 5.48 Å². The minimum atomic E-state index is -0.833. The Morgan fingerprint density at radius 2 is 1.93 bits per heavy atom. The first-order valence-corrected chi connectivity index (χ1v) is 9.44. The highest BCUT2D eigenvalue weighted by atomic mass is 19.1. The highest BCUT2D eigenvalue weighted by Gasteiger charge is 2.37. The Hall–Kier alpha value is -2.53. The van der Waals surface area contributed by atoms with Crippen molar-refractivity contribution in [1.29, 1.82) is 0 Å². The van der Waals surface area contributed by atoms with Crippen molar-refractivity contribution in [3.05, 3.63) is 41.7 Å². The lowest BCUT2D eigenvalue weighted by Gasteiger charge is -2.41. The van der Waals surface area contributed by atoms with Crippen molar-refractivity contribution in [2.24, 2.45) is 0 Å². The van der Waals surface area contributed by atoms with Crippen LogP contribution in [0.25, 0.3) is 5.57 Å². The summed E-state index contributed by atoms with van der Waals surface area (Å²) in [5.74, 6) is -0.906. The van der Waals surface area contributed by atoms with Crippen molar-refractivity contribution in [1.82, 2.24) is 25.4 Å². The number of hydrogen-bond donors (Lipinski definition) is 2. The van der Waals surface area contributed by atoms with Crippen LogP contribution in [-0.2, 0) is 9.73 Å². The van der Waals surface area contributed by atoms with Gasteiger partial charge in [-0.3, -0.25) is 10.0 Å². The minimum Gasteiger partial charge on any atom is -0.331 e. The molecule has 2 N–H and O–H groups in total. The second-order valence-electron chi connectivity index (χ2n) is 7.21. The Morgan fingerprint density at radius 1 is 1.21 bits per heavy atom. The molecule has 0 bridgehead atoms. The van der Waals surface area contributed by atoms with Crippen molar-refractivity contribution in [3.8, 4) is 0 Å². The van der Waals surface area contributed by atoms with Crippen molar-refractivity contribution in [2.45, 2.75) is 12.5 Å². The molecule has 0 aliphatic carbocycles. The molecule has 1 aromatic rings. The van der Waals surface area contributed by atoms with Gasteiger partial charge in [0, 0.05) is 46.8 Å². The van der Waals surface area contributed by atoms with Crippen LogP contribution in [0.1, 0.15) is 12.0 Å². The fourth-order valence-corrected chi connectivity index (χ4v) is 3.41. The lowest BCUT2D eigenvalue weighted by molar-refractivity contribution is -0.339. The van der Waals surface area contributed by atoms with E-state index in [-0.39, 0.29) is 18.4 Å². The van der Waals surface area contributed by atoms with E-state index in [2.05, 4.69) is 0 Å². The van der Waals surface area contributed by atoms with Gasteiger partial charge >= 0.3 is 6.03 Å². The number of nitrogens with one attached hydrogen (secondary N) is 1. The van der Waals surface area contributed by atoms with Gasteiger partial charge in [0.25, 0.3) is 5.91 Å². The summed E-state index contributed by atoms with van der Waals surface area (Å²) in [6.07, 6.45) is 2.71. The summed E-state index contributed by atoms with van der Waals surface area (Å²) in [5.41, 5.74) is 3.73. The van der Waals surface area contributed by atoms with E-state index in [1.165, 1.54) is 22.1 Å². The maximum Gasteiger partial charge on any atom is 0.319 e. The Balaban J connectivity index is 1.62. The fraction of sp³-hybridized carbons (Fsp3) is 0.474. The molecule has 0 spiro atoms. The van der Waals surface area contributed by atoms with Crippen LogP contribution in [0.2, 0.25) is 0 Å². The Morgan fingerprint density at radius 3 is 2.52 bits per heavy atom. The van der Waals surface area contributed by atoms with E-state index in [9.17, 15) is 14.0 Å². The highest BCUT2D eigenvalue weighted by Crippen LogP contribution is 2.24. The monoisotopic (exact) mass is 407 g/mol. The van der Waals surface area contributed by atoms with E-state index in [1.807, 2.05) is 6.08 Å². The normalized spacial score (nSPS) is 20.9. The second-order valence-corrected chi connectivity index (χ2v) is 7.21. The molecule has 10 heteroatoms.